The van der Waals surface area contributed by atoms with Crippen LogP contribution >= 0.6 is 0 Å². The normalized spacial score (nSPS) is 13.3. The topological polar surface area (TPSA) is 14.1 Å². The van der Waals surface area contributed by atoms with Crippen LogP contribution in [0.5, 0.6) is 0 Å². The van der Waals surface area contributed by atoms with Crippen LogP contribution in [0.15, 0.2) is 0 Å². The molecule has 0 amide bonds. The Morgan fingerprint density at radius 2 is 0.611 bits per heavy atom. The van der Waals surface area contributed by atoms with E-state index in [1.165, 1.54) is 0 Å². The first kappa shape index (κ1) is 24.4. The average Bonchev–Trinajstić information content (AvgIpc) is 1.71. The van der Waals surface area contributed by atoms with Gasteiger partial charge in [0.05, 0.1) is 0 Å². The maximum atomic E-state index is 4.82. The molecule has 6 heteroatoms. The van der Waals surface area contributed by atoms with Gasteiger partial charge in [-0.05, 0) is 0 Å². The van der Waals surface area contributed by atoms with E-state index in [-0.39, 0.29) is 18.9 Å². The zero-order valence-corrected chi connectivity index (χ0v) is 19.4. The van der Waals surface area contributed by atoms with Crippen LogP contribution in [0.4, 0.5) is 0 Å². The SMILES string of the molecule is C[Si](C)(C)[N-][Si](C)(C)C.C[Si](C)(C)[Si](C)(C)C.[Li+]. The van der Waals surface area contributed by atoms with E-state index in [0.29, 0.717) is 0 Å². The standard InChI is InChI=1S/C6H18NSi2.C6H18Si2.Li/c1-8(2,3)7-9(4,5)6;1-7(2,3)8(4,5)6;/h1-6H3;1-6H3;/q-1;;+1. The fourth-order valence-electron chi connectivity index (χ4n) is 1.01. The van der Waals surface area contributed by atoms with Gasteiger partial charge in [-0.25, -0.2) is 0 Å². The minimum Gasteiger partial charge on any atom is -0.668 e. The molecule has 0 saturated carbocycles. The predicted molar refractivity (Wildman–Crippen MR) is 96.7 cm³/mol. The van der Waals surface area contributed by atoms with Crippen molar-refractivity contribution < 1.29 is 18.9 Å². The molecule has 0 aromatic heterocycles. The fraction of sp³-hybridized carbons (Fsp3) is 1.00. The Balaban J connectivity index is -0.000000238. The molecule has 0 heterocycles. The molecule has 106 valence electrons. The van der Waals surface area contributed by atoms with Crippen LogP contribution in [0.25, 0.3) is 4.65 Å². The van der Waals surface area contributed by atoms with Gasteiger partial charge in [0.1, 0.15) is 0 Å². The van der Waals surface area contributed by atoms with Gasteiger partial charge in [-0.3, -0.25) is 0 Å². The van der Waals surface area contributed by atoms with Crippen LogP contribution in [0.1, 0.15) is 0 Å². The molecule has 1 nitrogen and oxygen atoms in total. The summed E-state index contributed by atoms with van der Waals surface area (Å²) in [4.78, 5) is 0. The van der Waals surface area contributed by atoms with Crippen molar-refractivity contribution in [1.82, 2.24) is 0 Å². The van der Waals surface area contributed by atoms with Crippen LogP contribution in [-0.4, -0.2) is 31.7 Å². The van der Waals surface area contributed by atoms with E-state index in [1.54, 1.807) is 0 Å². The van der Waals surface area contributed by atoms with Crippen molar-refractivity contribution in [3.8, 4) is 0 Å². The third-order valence-electron chi connectivity index (χ3n) is 2.92. The van der Waals surface area contributed by atoms with E-state index in [9.17, 15) is 0 Å². The van der Waals surface area contributed by atoms with E-state index in [0.717, 1.165) is 0 Å². The molecule has 0 spiro atoms. The molecule has 0 unspecified atom stereocenters. The smallest absolute Gasteiger partial charge is 0.668 e. The Morgan fingerprint density at radius 3 is 0.611 bits per heavy atom. The minimum absolute atomic E-state index is 0. The quantitative estimate of drug-likeness (QED) is 0.711. The zero-order valence-electron chi connectivity index (χ0n) is 15.4. The van der Waals surface area contributed by atoms with Gasteiger partial charge in [-0.15, -0.1) is 0 Å². The number of hydrogen-bond acceptors (Lipinski definition) is 0. The third-order valence-corrected chi connectivity index (χ3v) is 26.3. The maximum Gasteiger partial charge on any atom is 1.00 e. The van der Waals surface area contributed by atoms with Gasteiger partial charge >= 0.3 is 18.9 Å². The van der Waals surface area contributed by atoms with Gasteiger partial charge in [0.2, 0.25) is 0 Å². The molecular weight excluding hydrogens is 277 g/mol. The average molecular weight is 314 g/mol. The Bertz CT molecular complexity index is 194. The van der Waals surface area contributed by atoms with Gasteiger partial charge in [0, 0.05) is 15.2 Å². The number of rotatable bonds is 3. The number of nitrogens with zero attached hydrogens (tertiary/aromatic N) is 1. The first-order valence-corrected chi connectivity index (χ1v) is 21.6. The Kier molecular flexibility index (Phi) is 10.9. The van der Waals surface area contributed by atoms with Crippen molar-refractivity contribution in [2.45, 2.75) is 78.6 Å². The van der Waals surface area contributed by atoms with E-state index < -0.39 is 31.7 Å². The van der Waals surface area contributed by atoms with Crippen LogP contribution in [0.2, 0.25) is 78.6 Å². The molecule has 18 heavy (non-hydrogen) atoms. The molecule has 0 aliphatic rings. The molecule has 0 N–H and O–H groups in total. The molecular formula is C12H36LiNSi4. The van der Waals surface area contributed by atoms with Crippen molar-refractivity contribution in [1.29, 1.82) is 0 Å². The summed E-state index contributed by atoms with van der Waals surface area (Å²) in [5, 5.41) is 0. The summed E-state index contributed by atoms with van der Waals surface area (Å²) in [5.74, 6) is 0. The first-order chi connectivity index (χ1) is 6.96. The molecule has 0 aliphatic heterocycles. The molecule has 0 radical (unpaired) electrons. The van der Waals surface area contributed by atoms with Crippen LogP contribution < -0.4 is 18.9 Å². The Hall–Kier alpha value is 1.42. The van der Waals surface area contributed by atoms with Crippen LogP contribution in [0, 0.1) is 0 Å². The summed E-state index contributed by atoms with van der Waals surface area (Å²) in [7, 11) is -3.65. The molecule has 0 aromatic rings. The van der Waals surface area contributed by atoms with Gasteiger partial charge in [0.15, 0.2) is 0 Å². The predicted octanol–water partition coefficient (Wildman–Crippen LogP) is 2.78. The monoisotopic (exact) mass is 313 g/mol. The molecule has 0 fully saturated rings. The summed E-state index contributed by atoms with van der Waals surface area (Å²) in [6, 6.07) is 0. The van der Waals surface area contributed by atoms with Crippen LogP contribution in [0.3, 0.4) is 0 Å². The number of hydrogen-bond donors (Lipinski definition) is 0. The summed E-state index contributed by atoms with van der Waals surface area (Å²) >= 11 is 0. The molecule has 0 aromatic carbocycles. The molecule has 0 rings (SSSR count). The summed E-state index contributed by atoms with van der Waals surface area (Å²) in [6.07, 6.45) is 0. The second kappa shape index (κ2) is 8.01. The van der Waals surface area contributed by atoms with Gasteiger partial charge in [0.25, 0.3) is 0 Å². The molecule has 0 bridgehead atoms. The van der Waals surface area contributed by atoms with E-state index in [2.05, 4.69) is 78.6 Å². The van der Waals surface area contributed by atoms with Crippen molar-refractivity contribution in [3.05, 3.63) is 4.65 Å². The molecule has 0 atom stereocenters. The van der Waals surface area contributed by atoms with Gasteiger partial charge in [-0.2, -0.15) is 0 Å². The minimum atomic E-state index is -1.11. The van der Waals surface area contributed by atoms with E-state index in [1.807, 2.05) is 0 Å². The van der Waals surface area contributed by atoms with Crippen LogP contribution in [-0.2, 0) is 0 Å². The maximum absolute atomic E-state index is 4.82. The summed E-state index contributed by atoms with van der Waals surface area (Å²) in [5.41, 5.74) is 0. The van der Waals surface area contributed by atoms with Gasteiger partial charge in [-0.1, -0.05) is 95.0 Å². The summed E-state index contributed by atoms with van der Waals surface area (Å²) in [6.45, 7) is 28.6. The van der Waals surface area contributed by atoms with Crippen molar-refractivity contribution >= 4 is 31.7 Å². The van der Waals surface area contributed by atoms with Gasteiger partial charge < -0.3 is 4.65 Å². The van der Waals surface area contributed by atoms with Crippen molar-refractivity contribution in [3.63, 3.8) is 0 Å². The Labute approximate surface area is 133 Å². The van der Waals surface area contributed by atoms with E-state index >= 15 is 0 Å². The zero-order chi connectivity index (χ0) is 14.7. The third kappa shape index (κ3) is 17.4. The first-order valence-electron chi connectivity index (χ1n) is 6.70. The summed E-state index contributed by atoms with van der Waals surface area (Å²) < 4.78 is 4.82. The van der Waals surface area contributed by atoms with Crippen molar-refractivity contribution in [2.24, 2.45) is 0 Å². The second-order valence-corrected chi connectivity index (χ2v) is 36.5. The largest absolute Gasteiger partial charge is 1.00 e. The Morgan fingerprint density at radius 1 is 0.444 bits per heavy atom. The van der Waals surface area contributed by atoms with Crippen molar-refractivity contribution in [2.75, 3.05) is 0 Å². The second-order valence-electron chi connectivity index (χ2n) is 8.95. The van der Waals surface area contributed by atoms with E-state index in [4.69, 9.17) is 4.65 Å². The fourth-order valence-corrected chi connectivity index (χ4v) is 9.06. The molecule has 0 aliphatic carbocycles. The molecule has 0 saturated heterocycles.